The minimum Gasteiger partial charge on any atom is -0.486 e. The number of ether oxygens (including phenoxy) is 2. The molecular weight excluding hydrogens is 425 g/mol. The Morgan fingerprint density at radius 1 is 0.933 bits per heavy atom. The van der Waals surface area contributed by atoms with Crippen LogP contribution in [0.15, 0.2) is 42.5 Å². The van der Waals surface area contributed by atoms with Crippen LogP contribution in [0, 0.1) is 5.92 Å². The smallest absolute Gasteiger partial charge is 0.246 e. The molecule has 0 saturated carbocycles. The Morgan fingerprint density at radius 2 is 1.67 bits per heavy atom. The van der Waals surface area contributed by atoms with E-state index in [1.165, 1.54) is 6.08 Å². The molecule has 2 aromatic carbocycles. The number of carbonyl (C=O) groups is 2. The Hall–Kier alpha value is -2.50. The van der Waals surface area contributed by atoms with Crippen LogP contribution in [0.5, 0.6) is 11.5 Å². The van der Waals surface area contributed by atoms with E-state index < -0.39 is 0 Å². The molecule has 0 aromatic heterocycles. The minimum atomic E-state index is -0.101. The SMILES string of the molecule is O=C(c1ccc2c(c1)OCCO2)C1CCN(C(=O)/C=C/c2ccc(Cl)c(Cl)c2)CC1. The van der Waals surface area contributed by atoms with Crippen molar-refractivity contribution in [3.05, 3.63) is 63.6 Å². The van der Waals surface area contributed by atoms with Crippen LogP contribution in [-0.4, -0.2) is 42.9 Å². The summed E-state index contributed by atoms with van der Waals surface area (Å²) in [4.78, 5) is 27.2. The van der Waals surface area contributed by atoms with Gasteiger partial charge in [-0.3, -0.25) is 9.59 Å². The minimum absolute atomic E-state index is 0.0775. The van der Waals surface area contributed by atoms with Gasteiger partial charge in [-0.1, -0.05) is 29.3 Å². The molecule has 2 aliphatic rings. The fourth-order valence-electron chi connectivity index (χ4n) is 3.68. The number of carbonyl (C=O) groups excluding carboxylic acids is 2. The highest BCUT2D eigenvalue weighted by atomic mass is 35.5. The maximum absolute atomic E-state index is 12.9. The summed E-state index contributed by atoms with van der Waals surface area (Å²) in [6.45, 7) is 2.10. The van der Waals surface area contributed by atoms with Crippen molar-refractivity contribution in [3.8, 4) is 11.5 Å². The first kappa shape index (κ1) is 20.8. The average molecular weight is 446 g/mol. The van der Waals surface area contributed by atoms with Crippen LogP contribution in [-0.2, 0) is 4.79 Å². The van der Waals surface area contributed by atoms with Gasteiger partial charge in [-0.2, -0.15) is 0 Å². The van der Waals surface area contributed by atoms with Crippen LogP contribution in [0.4, 0.5) is 0 Å². The predicted octanol–water partition coefficient (Wildman–Crippen LogP) is 4.90. The number of rotatable bonds is 4. The number of benzene rings is 2. The molecule has 0 aliphatic carbocycles. The van der Waals surface area contributed by atoms with Gasteiger partial charge >= 0.3 is 0 Å². The summed E-state index contributed by atoms with van der Waals surface area (Å²) in [7, 11) is 0. The largest absolute Gasteiger partial charge is 0.486 e. The van der Waals surface area contributed by atoms with Gasteiger partial charge in [0.1, 0.15) is 13.2 Å². The molecular formula is C23H21Cl2NO4. The highest BCUT2D eigenvalue weighted by Crippen LogP contribution is 2.32. The summed E-state index contributed by atoms with van der Waals surface area (Å²) in [6.07, 6.45) is 4.53. The third-order valence-corrected chi connectivity index (χ3v) is 6.11. The van der Waals surface area contributed by atoms with E-state index in [2.05, 4.69) is 0 Å². The summed E-state index contributed by atoms with van der Waals surface area (Å²) in [5, 5.41) is 0.926. The van der Waals surface area contributed by atoms with E-state index in [-0.39, 0.29) is 17.6 Å². The maximum atomic E-state index is 12.9. The van der Waals surface area contributed by atoms with Gasteiger partial charge in [0.15, 0.2) is 17.3 Å². The van der Waals surface area contributed by atoms with Gasteiger partial charge in [-0.25, -0.2) is 0 Å². The van der Waals surface area contributed by atoms with Gasteiger partial charge in [-0.05, 0) is 54.8 Å². The zero-order chi connectivity index (χ0) is 21.1. The van der Waals surface area contributed by atoms with Crippen molar-refractivity contribution in [2.45, 2.75) is 12.8 Å². The second kappa shape index (κ2) is 9.11. The molecule has 5 nitrogen and oxygen atoms in total. The molecule has 0 N–H and O–H groups in total. The summed E-state index contributed by atoms with van der Waals surface area (Å²) >= 11 is 11.9. The number of amides is 1. The van der Waals surface area contributed by atoms with E-state index in [1.54, 1.807) is 47.4 Å². The van der Waals surface area contributed by atoms with E-state index in [0.717, 1.165) is 5.56 Å². The molecule has 7 heteroatoms. The molecule has 0 atom stereocenters. The Balaban J connectivity index is 1.34. The van der Waals surface area contributed by atoms with Crippen LogP contribution >= 0.6 is 23.2 Å². The summed E-state index contributed by atoms with van der Waals surface area (Å²) < 4.78 is 11.1. The summed E-state index contributed by atoms with van der Waals surface area (Å²) in [6, 6.07) is 10.5. The quantitative estimate of drug-likeness (QED) is 0.495. The van der Waals surface area contributed by atoms with E-state index >= 15 is 0 Å². The molecule has 2 aromatic rings. The lowest BCUT2D eigenvalue weighted by Crippen LogP contribution is -2.39. The van der Waals surface area contributed by atoms with E-state index in [1.807, 2.05) is 0 Å². The van der Waals surface area contributed by atoms with E-state index in [4.69, 9.17) is 32.7 Å². The third-order valence-electron chi connectivity index (χ3n) is 5.37. The van der Waals surface area contributed by atoms with Gasteiger partial charge < -0.3 is 14.4 Å². The maximum Gasteiger partial charge on any atom is 0.246 e. The van der Waals surface area contributed by atoms with Gasteiger partial charge in [-0.15, -0.1) is 0 Å². The van der Waals surface area contributed by atoms with Crippen LogP contribution in [0.1, 0.15) is 28.8 Å². The van der Waals surface area contributed by atoms with Crippen molar-refractivity contribution in [3.63, 3.8) is 0 Å². The van der Waals surface area contributed by atoms with Crippen molar-refractivity contribution >= 4 is 41.0 Å². The Bertz CT molecular complexity index is 997. The van der Waals surface area contributed by atoms with Crippen molar-refractivity contribution < 1.29 is 19.1 Å². The predicted molar refractivity (Wildman–Crippen MR) is 117 cm³/mol. The van der Waals surface area contributed by atoms with Gasteiger partial charge in [0.2, 0.25) is 5.91 Å². The number of hydrogen-bond donors (Lipinski definition) is 0. The Labute approximate surface area is 185 Å². The summed E-state index contributed by atoms with van der Waals surface area (Å²) in [5.41, 5.74) is 1.44. The molecule has 0 radical (unpaired) electrons. The number of Topliss-reactive ketones (excluding diaryl/α,β-unsaturated/α-hetero) is 1. The molecule has 1 amide bonds. The fraction of sp³-hybridized carbons (Fsp3) is 0.304. The molecule has 2 heterocycles. The highest BCUT2D eigenvalue weighted by molar-refractivity contribution is 6.42. The van der Waals surface area contributed by atoms with Crippen molar-refractivity contribution in [1.82, 2.24) is 4.90 Å². The first-order valence-electron chi connectivity index (χ1n) is 9.87. The van der Waals surface area contributed by atoms with Gasteiger partial charge in [0.25, 0.3) is 0 Å². The monoisotopic (exact) mass is 445 g/mol. The Morgan fingerprint density at radius 3 is 2.40 bits per heavy atom. The Kier molecular flexibility index (Phi) is 6.30. The molecule has 2 aliphatic heterocycles. The number of halogens is 2. The second-order valence-corrected chi connectivity index (χ2v) is 8.14. The molecule has 156 valence electrons. The topological polar surface area (TPSA) is 55.8 Å². The first-order chi connectivity index (χ1) is 14.5. The molecule has 0 spiro atoms. The first-order valence-corrected chi connectivity index (χ1v) is 10.6. The number of piperidine rings is 1. The van der Waals surface area contributed by atoms with Crippen LogP contribution < -0.4 is 9.47 Å². The summed E-state index contributed by atoms with van der Waals surface area (Å²) in [5.74, 6) is 1.20. The zero-order valence-electron chi connectivity index (χ0n) is 16.3. The van der Waals surface area contributed by atoms with Crippen LogP contribution in [0.2, 0.25) is 10.0 Å². The number of ketones is 1. The van der Waals surface area contributed by atoms with Gasteiger partial charge in [0, 0.05) is 30.6 Å². The van der Waals surface area contributed by atoms with E-state index in [9.17, 15) is 9.59 Å². The second-order valence-electron chi connectivity index (χ2n) is 7.33. The van der Waals surface area contributed by atoms with Crippen molar-refractivity contribution in [2.75, 3.05) is 26.3 Å². The lowest BCUT2D eigenvalue weighted by molar-refractivity contribution is -0.127. The number of nitrogens with zero attached hydrogens (tertiary/aromatic N) is 1. The molecule has 1 saturated heterocycles. The van der Waals surface area contributed by atoms with Crippen LogP contribution in [0.25, 0.3) is 6.08 Å². The lowest BCUT2D eigenvalue weighted by atomic mass is 9.88. The number of fused-ring (bicyclic) bond motifs is 1. The number of likely N-dealkylation sites (tertiary alicyclic amines) is 1. The van der Waals surface area contributed by atoms with Crippen molar-refractivity contribution in [1.29, 1.82) is 0 Å². The zero-order valence-corrected chi connectivity index (χ0v) is 17.8. The average Bonchev–Trinajstić information content (AvgIpc) is 2.79. The molecule has 0 bridgehead atoms. The standard InChI is InChI=1S/C23H21Cl2NO4/c24-18-4-1-15(13-19(18)25)2-6-22(27)26-9-7-16(8-10-26)23(28)17-3-5-20-21(14-17)30-12-11-29-20/h1-6,13-14,16H,7-12H2/b6-2+. The lowest BCUT2D eigenvalue weighted by Gasteiger charge is -2.30. The molecule has 4 rings (SSSR count). The fourth-order valence-corrected chi connectivity index (χ4v) is 3.99. The highest BCUT2D eigenvalue weighted by Gasteiger charge is 2.28. The van der Waals surface area contributed by atoms with Gasteiger partial charge in [0.05, 0.1) is 10.0 Å². The van der Waals surface area contributed by atoms with Crippen LogP contribution in [0.3, 0.4) is 0 Å². The molecule has 0 unspecified atom stereocenters. The third kappa shape index (κ3) is 4.63. The van der Waals surface area contributed by atoms with Crippen molar-refractivity contribution in [2.24, 2.45) is 5.92 Å². The number of hydrogen-bond acceptors (Lipinski definition) is 4. The molecule has 30 heavy (non-hydrogen) atoms. The van der Waals surface area contributed by atoms with E-state index in [0.29, 0.717) is 66.3 Å². The molecule has 1 fully saturated rings. The normalized spacial score (nSPS) is 16.7.